The van der Waals surface area contributed by atoms with E-state index >= 15 is 0 Å². The summed E-state index contributed by atoms with van der Waals surface area (Å²) in [5, 5.41) is 10.4. The lowest BCUT2D eigenvalue weighted by molar-refractivity contribution is -0.385. The van der Waals surface area contributed by atoms with E-state index in [4.69, 9.17) is 11.5 Å². The number of ether oxygens (including phenoxy) is 1. The average molecular weight is 251 g/mol. The molecule has 0 fully saturated rings. The standard InChI is InChI=1S/C8H8F3N3O3/c9-8(10,11)17-6-2-1-4(14(15)16)3-5(6)7(12)13/h1-3,7H,12-13H2. The van der Waals surface area contributed by atoms with Crippen molar-refractivity contribution in [3.8, 4) is 5.75 Å². The smallest absolute Gasteiger partial charge is 0.405 e. The Labute approximate surface area is 93.1 Å². The van der Waals surface area contributed by atoms with Crippen LogP contribution in [0.15, 0.2) is 18.2 Å². The van der Waals surface area contributed by atoms with Gasteiger partial charge in [0, 0.05) is 17.7 Å². The molecule has 17 heavy (non-hydrogen) atoms. The summed E-state index contributed by atoms with van der Waals surface area (Å²) in [6.45, 7) is 0. The first kappa shape index (κ1) is 13.2. The molecule has 1 aromatic rings. The predicted molar refractivity (Wildman–Crippen MR) is 50.9 cm³/mol. The maximum Gasteiger partial charge on any atom is 0.573 e. The van der Waals surface area contributed by atoms with Gasteiger partial charge in [-0.3, -0.25) is 10.1 Å². The lowest BCUT2D eigenvalue weighted by Gasteiger charge is -2.14. The van der Waals surface area contributed by atoms with Crippen molar-refractivity contribution in [1.29, 1.82) is 0 Å². The Balaban J connectivity index is 3.18. The summed E-state index contributed by atoms with van der Waals surface area (Å²) in [6.07, 6.45) is -6.23. The number of hydrogen-bond donors (Lipinski definition) is 2. The van der Waals surface area contributed by atoms with Crippen LogP contribution in [0.5, 0.6) is 5.75 Å². The molecule has 0 unspecified atom stereocenters. The number of non-ortho nitro benzene ring substituents is 1. The zero-order valence-corrected chi connectivity index (χ0v) is 8.27. The second kappa shape index (κ2) is 4.55. The molecular formula is C8H8F3N3O3. The molecular weight excluding hydrogens is 243 g/mol. The summed E-state index contributed by atoms with van der Waals surface area (Å²) in [5.41, 5.74) is 9.70. The van der Waals surface area contributed by atoms with E-state index < -0.39 is 28.9 Å². The molecule has 0 saturated heterocycles. The van der Waals surface area contributed by atoms with Crippen LogP contribution in [0.3, 0.4) is 0 Å². The van der Waals surface area contributed by atoms with Crippen molar-refractivity contribution in [2.45, 2.75) is 12.5 Å². The zero-order valence-electron chi connectivity index (χ0n) is 8.27. The Morgan fingerprint density at radius 3 is 2.35 bits per heavy atom. The van der Waals surface area contributed by atoms with E-state index in [0.717, 1.165) is 18.2 Å². The number of hydrogen-bond acceptors (Lipinski definition) is 5. The number of nitro benzene ring substituents is 1. The van der Waals surface area contributed by atoms with Crippen LogP contribution in [0, 0.1) is 10.1 Å². The minimum absolute atomic E-state index is 0.295. The highest BCUT2D eigenvalue weighted by Gasteiger charge is 2.33. The van der Waals surface area contributed by atoms with Gasteiger partial charge in [0.15, 0.2) is 0 Å². The Kier molecular flexibility index (Phi) is 3.53. The first-order chi connectivity index (χ1) is 7.70. The number of halogens is 3. The highest BCUT2D eigenvalue weighted by molar-refractivity contribution is 5.45. The van der Waals surface area contributed by atoms with Gasteiger partial charge in [-0.15, -0.1) is 13.2 Å². The Morgan fingerprint density at radius 1 is 1.35 bits per heavy atom. The second-order valence-electron chi connectivity index (χ2n) is 3.05. The second-order valence-corrected chi connectivity index (χ2v) is 3.05. The van der Waals surface area contributed by atoms with Crippen molar-refractivity contribution in [2.75, 3.05) is 0 Å². The maximum atomic E-state index is 12.0. The molecule has 0 saturated carbocycles. The number of nitrogens with zero attached hydrogens (tertiary/aromatic N) is 1. The lowest BCUT2D eigenvalue weighted by atomic mass is 10.1. The number of alkyl halides is 3. The van der Waals surface area contributed by atoms with Gasteiger partial charge in [0.2, 0.25) is 0 Å². The predicted octanol–water partition coefficient (Wildman–Crippen LogP) is 1.41. The van der Waals surface area contributed by atoms with E-state index in [1.165, 1.54) is 0 Å². The van der Waals surface area contributed by atoms with Crippen molar-refractivity contribution in [3.05, 3.63) is 33.9 Å². The third-order valence-electron chi connectivity index (χ3n) is 1.79. The van der Waals surface area contributed by atoms with Gasteiger partial charge in [-0.1, -0.05) is 0 Å². The van der Waals surface area contributed by atoms with Crippen LogP contribution in [-0.2, 0) is 0 Å². The van der Waals surface area contributed by atoms with Crippen molar-refractivity contribution < 1.29 is 22.8 Å². The van der Waals surface area contributed by atoms with Crippen LogP contribution in [0.25, 0.3) is 0 Å². The molecule has 4 N–H and O–H groups in total. The molecule has 9 heteroatoms. The van der Waals surface area contributed by atoms with Gasteiger partial charge >= 0.3 is 6.36 Å². The minimum atomic E-state index is -4.92. The molecule has 94 valence electrons. The molecule has 0 aromatic heterocycles. The minimum Gasteiger partial charge on any atom is -0.405 e. The third-order valence-corrected chi connectivity index (χ3v) is 1.79. The molecule has 0 radical (unpaired) electrons. The third kappa shape index (κ3) is 3.57. The Bertz CT molecular complexity index is 434. The topological polar surface area (TPSA) is 104 Å². The van der Waals surface area contributed by atoms with E-state index in [1.807, 2.05) is 0 Å². The first-order valence-corrected chi connectivity index (χ1v) is 4.26. The molecule has 1 rings (SSSR count). The van der Waals surface area contributed by atoms with Gasteiger partial charge < -0.3 is 16.2 Å². The zero-order chi connectivity index (χ0) is 13.2. The molecule has 0 atom stereocenters. The fraction of sp³-hybridized carbons (Fsp3) is 0.250. The number of nitrogens with two attached hydrogens (primary N) is 2. The van der Waals surface area contributed by atoms with E-state index in [1.54, 1.807) is 0 Å². The van der Waals surface area contributed by atoms with Crippen LogP contribution >= 0.6 is 0 Å². The molecule has 0 aliphatic heterocycles. The maximum absolute atomic E-state index is 12.0. The molecule has 0 spiro atoms. The van der Waals surface area contributed by atoms with E-state index in [9.17, 15) is 23.3 Å². The molecule has 0 aliphatic carbocycles. The summed E-state index contributed by atoms with van der Waals surface area (Å²) in [5.74, 6) is -0.655. The summed E-state index contributed by atoms with van der Waals surface area (Å²) < 4.78 is 39.7. The van der Waals surface area contributed by atoms with Crippen molar-refractivity contribution >= 4 is 5.69 Å². The van der Waals surface area contributed by atoms with Gasteiger partial charge in [0.05, 0.1) is 11.1 Å². The van der Waals surface area contributed by atoms with Gasteiger partial charge in [-0.2, -0.15) is 0 Å². The highest BCUT2D eigenvalue weighted by atomic mass is 19.4. The van der Waals surface area contributed by atoms with Crippen molar-refractivity contribution in [1.82, 2.24) is 0 Å². The van der Waals surface area contributed by atoms with Crippen LogP contribution in [-0.4, -0.2) is 11.3 Å². The molecule has 0 amide bonds. The lowest BCUT2D eigenvalue weighted by Crippen LogP contribution is -2.24. The highest BCUT2D eigenvalue weighted by Crippen LogP contribution is 2.31. The SMILES string of the molecule is NC(N)c1cc([N+](=O)[O-])ccc1OC(F)(F)F. The van der Waals surface area contributed by atoms with Crippen LogP contribution in [0.4, 0.5) is 18.9 Å². The summed E-state index contributed by atoms with van der Waals surface area (Å²) in [4.78, 5) is 9.66. The van der Waals surface area contributed by atoms with Crippen LogP contribution in [0.2, 0.25) is 0 Å². The molecule has 0 heterocycles. The average Bonchev–Trinajstić information content (AvgIpc) is 2.14. The number of nitro groups is 1. The molecule has 0 aliphatic rings. The van der Waals surface area contributed by atoms with E-state index in [-0.39, 0.29) is 5.56 Å². The van der Waals surface area contributed by atoms with Crippen LogP contribution < -0.4 is 16.2 Å². The van der Waals surface area contributed by atoms with Gasteiger partial charge in [0.25, 0.3) is 5.69 Å². The molecule has 6 nitrogen and oxygen atoms in total. The Hall–Kier alpha value is -1.87. The summed E-state index contributed by atoms with van der Waals surface area (Å²) in [7, 11) is 0. The largest absolute Gasteiger partial charge is 0.573 e. The van der Waals surface area contributed by atoms with Gasteiger partial charge in [-0.05, 0) is 6.07 Å². The van der Waals surface area contributed by atoms with Gasteiger partial charge in [0.1, 0.15) is 5.75 Å². The van der Waals surface area contributed by atoms with Crippen LogP contribution in [0.1, 0.15) is 11.7 Å². The van der Waals surface area contributed by atoms with Crippen molar-refractivity contribution in [3.63, 3.8) is 0 Å². The number of rotatable bonds is 3. The molecule has 1 aromatic carbocycles. The Morgan fingerprint density at radius 2 is 1.94 bits per heavy atom. The monoisotopic (exact) mass is 251 g/mol. The fourth-order valence-corrected chi connectivity index (χ4v) is 1.13. The first-order valence-electron chi connectivity index (χ1n) is 4.26. The van der Waals surface area contributed by atoms with E-state index in [2.05, 4.69) is 4.74 Å². The molecule has 0 bridgehead atoms. The quantitative estimate of drug-likeness (QED) is 0.480. The fourth-order valence-electron chi connectivity index (χ4n) is 1.13. The summed E-state index contributed by atoms with van der Waals surface area (Å²) in [6, 6.07) is 2.51. The van der Waals surface area contributed by atoms with E-state index in [0.29, 0.717) is 0 Å². The van der Waals surface area contributed by atoms with Crippen molar-refractivity contribution in [2.24, 2.45) is 11.5 Å². The van der Waals surface area contributed by atoms with Gasteiger partial charge in [-0.25, -0.2) is 0 Å². The number of benzene rings is 1. The summed E-state index contributed by atoms with van der Waals surface area (Å²) >= 11 is 0. The normalized spacial score (nSPS) is 11.6.